The zero-order valence-electron chi connectivity index (χ0n) is 8.19. The number of aromatic nitrogens is 1. The van der Waals surface area contributed by atoms with Crippen LogP contribution in [-0.2, 0) is 9.53 Å². The maximum Gasteiger partial charge on any atom is 0.339 e. The lowest BCUT2D eigenvalue weighted by atomic mass is 10.2. The molecule has 76 valence electrons. The molecular weight excluding hydrogens is 194 g/mol. The first-order valence-electron chi connectivity index (χ1n) is 4.24. The van der Waals surface area contributed by atoms with Gasteiger partial charge >= 0.3 is 5.97 Å². The Labute approximate surface area is 87.3 Å². The SMILES string of the molecule is COC(=O)c1cncc(C#CCC=O)c1. The van der Waals surface area contributed by atoms with Gasteiger partial charge in [0.1, 0.15) is 6.29 Å². The first-order valence-corrected chi connectivity index (χ1v) is 4.24. The number of hydrogen-bond acceptors (Lipinski definition) is 4. The standard InChI is InChI=1S/C11H9NO3/c1-15-11(14)10-6-9(7-12-8-10)4-2-3-5-13/h5-8H,3H2,1H3. The van der Waals surface area contributed by atoms with Gasteiger partial charge in [0.05, 0.1) is 19.1 Å². The average Bonchev–Trinajstić information content (AvgIpc) is 2.29. The number of nitrogens with zero attached hydrogens (tertiary/aromatic N) is 1. The van der Waals surface area contributed by atoms with E-state index in [4.69, 9.17) is 0 Å². The molecule has 0 fully saturated rings. The smallest absolute Gasteiger partial charge is 0.339 e. The van der Waals surface area contributed by atoms with Gasteiger partial charge in [0.25, 0.3) is 0 Å². The summed E-state index contributed by atoms with van der Waals surface area (Å²) in [5, 5.41) is 0. The summed E-state index contributed by atoms with van der Waals surface area (Å²) in [6.07, 6.45) is 3.80. The first-order chi connectivity index (χ1) is 7.27. The zero-order valence-corrected chi connectivity index (χ0v) is 8.19. The van der Waals surface area contributed by atoms with Crippen LogP contribution in [0.15, 0.2) is 18.5 Å². The lowest BCUT2D eigenvalue weighted by molar-refractivity contribution is -0.107. The molecule has 0 bridgehead atoms. The number of carbonyl (C=O) groups excluding carboxylic acids is 2. The van der Waals surface area contributed by atoms with Crippen molar-refractivity contribution in [2.75, 3.05) is 7.11 Å². The van der Waals surface area contributed by atoms with E-state index in [0.717, 1.165) is 0 Å². The topological polar surface area (TPSA) is 56.3 Å². The molecule has 1 rings (SSSR count). The van der Waals surface area contributed by atoms with E-state index in [1.807, 2.05) is 0 Å². The number of hydrogen-bond donors (Lipinski definition) is 0. The fraction of sp³-hybridized carbons (Fsp3) is 0.182. The maximum absolute atomic E-state index is 11.1. The summed E-state index contributed by atoms with van der Waals surface area (Å²) in [6.45, 7) is 0. The molecule has 0 atom stereocenters. The number of rotatable bonds is 2. The lowest BCUT2D eigenvalue weighted by Crippen LogP contribution is -2.01. The van der Waals surface area contributed by atoms with E-state index in [1.54, 1.807) is 6.07 Å². The van der Waals surface area contributed by atoms with Crippen molar-refractivity contribution in [3.63, 3.8) is 0 Å². The number of aldehydes is 1. The second-order valence-corrected chi connectivity index (χ2v) is 2.63. The van der Waals surface area contributed by atoms with E-state index in [1.165, 1.54) is 19.5 Å². The predicted octanol–water partition coefficient (Wildman–Crippen LogP) is 0.809. The molecule has 1 aromatic rings. The van der Waals surface area contributed by atoms with E-state index in [9.17, 15) is 9.59 Å². The Balaban J connectivity index is 2.89. The maximum atomic E-state index is 11.1. The predicted molar refractivity (Wildman–Crippen MR) is 53.1 cm³/mol. The van der Waals surface area contributed by atoms with Crippen LogP contribution in [-0.4, -0.2) is 24.3 Å². The van der Waals surface area contributed by atoms with Crippen molar-refractivity contribution in [3.8, 4) is 11.8 Å². The molecule has 0 radical (unpaired) electrons. The summed E-state index contributed by atoms with van der Waals surface area (Å²) in [5.74, 6) is 4.88. The Morgan fingerprint density at radius 1 is 1.60 bits per heavy atom. The second-order valence-electron chi connectivity index (χ2n) is 2.63. The Morgan fingerprint density at radius 3 is 3.07 bits per heavy atom. The fourth-order valence-corrected chi connectivity index (χ4v) is 0.933. The molecule has 0 aliphatic rings. The number of methoxy groups -OCH3 is 1. The van der Waals surface area contributed by atoms with Crippen molar-refractivity contribution >= 4 is 12.3 Å². The van der Waals surface area contributed by atoms with Gasteiger partial charge in [-0.2, -0.15) is 0 Å². The van der Waals surface area contributed by atoms with Crippen molar-refractivity contribution in [1.29, 1.82) is 0 Å². The molecule has 4 nitrogen and oxygen atoms in total. The van der Waals surface area contributed by atoms with Crippen molar-refractivity contribution in [1.82, 2.24) is 4.98 Å². The van der Waals surface area contributed by atoms with Crippen LogP contribution in [0.3, 0.4) is 0 Å². The van der Waals surface area contributed by atoms with Crippen LogP contribution in [0.25, 0.3) is 0 Å². The van der Waals surface area contributed by atoms with Gasteiger partial charge in [0, 0.05) is 18.0 Å². The van der Waals surface area contributed by atoms with Gasteiger partial charge in [-0.3, -0.25) is 4.98 Å². The number of pyridine rings is 1. The van der Waals surface area contributed by atoms with E-state index >= 15 is 0 Å². The van der Waals surface area contributed by atoms with Gasteiger partial charge in [0.2, 0.25) is 0 Å². The minimum absolute atomic E-state index is 0.169. The average molecular weight is 203 g/mol. The van der Waals surface area contributed by atoms with Crippen LogP contribution in [0.2, 0.25) is 0 Å². The number of ether oxygens (including phenoxy) is 1. The van der Waals surface area contributed by atoms with Gasteiger partial charge in [-0.1, -0.05) is 11.8 Å². The molecule has 0 aromatic carbocycles. The molecule has 0 aliphatic carbocycles. The van der Waals surface area contributed by atoms with Crippen molar-refractivity contribution in [3.05, 3.63) is 29.6 Å². The normalized spacial score (nSPS) is 8.60. The molecule has 0 N–H and O–H groups in total. The van der Waals surface area contributed by atoms with E-state index in [-0.39, 0.29) is 6.42 Å². The molecule has 0 amide bonds. The molecule has 0 saturated heterocycles. The summed E-state index contributed by atoms with van der Waals surface area (Å²) in [6, 6.07) is 1.57. The highest BCUT2D eigenvalue weighted by atomic mass is 16.5. The molecule has 0 aliphatic heterocycles. The summed E-state index contributed by atoms with van der Waals surface area (Å²) >= 11 is 0. The molecule has 1 heterocycles. The molecule has 15 heavy (non-hydrogen) atoms. The van der Waals surface area contributed by atoms with Gasteiger partial charge in [-0.05, 0) is 6.07 Å². The Kier molecular flexibility index (Phi) is 4.05. The number of esters is 1. The van der Waals surface area contributed by atoms with E-state index in [2.05, 4.69) is 21.6 Å². The Bertz CT molecular complexity index is 429. The molecule has 4 heteroatoms. The van der Waals surface area contributed by atoms with E-state index < -0.39 is 5.97 Å². The van der Waals surface area contributed by atoms with Crippen LogP contribution >= 0.6 is 0 Å². The highest BCUT2D eigenvalue weighted by Gasteiger charge is 2.04. The fourth-order valence-electron chi connectivity index (χ4n) is 0.933. The monoisotopic (exact) mass is 203 g/mol. The summed E-state index contributed by atoms with van der Waals surface area (Å²) in [4.78, 5) is 25.0. The lowest BCUT2D eigenvalue weighted by Gasteiger charge is -1.97. The van der Waals surface area contributed by atoms with Crippen LogP contribution in [0, 0.1) is 11.8 Å². The van der Waals surface area contributed by atoms with Gasteiger partial charge in [0.15, 0.2) is 0 Å². The third-order valence-electron chi connectivity index (χ3n) is 1.58. The second kappa shape index (κ2) is 5.55. The van der Waals surface area contributed by atoms with Crippen molar-refractivity contribution < 1.29 is 14.3 Å². The van der Waals surface area contributed by atoms with Gasteiger partial charge in [-0.25, -0.2) is 4.79 Å². The molecule has 0 unspecified atom stereocenters. The quantitative estimate of drug-likeness (QED) is 0.405. The largest absolute Gasteiger partial charge is 0.465 e. The minimum Gasteiger partial charge on any atom is -0.465 e. The van der Waals surface area contributed by atoms with Crippen LogP contribution < -0.4 is 0 Å². The van der Waals surface area contributed by atoms with Crippen molar-refractivity contribution in [2.45, 2.75) is 6.42 Å². The first kappa shape index (κ1) is 10.9. The summed E-state index contributed by atoms with van der Waals surface area (Å²) in [7, 11) is 1.30. The zero-order chi connectivity index (χ0) is 11.1. The highest BCUT2D eigenvalue weighted by Crippen LogP contribution is 2.02. The third-order valence-corrected chi connectivity index (χ3v) is 1.58. The molecule has 1 aromatic heterocycles. The minimum atomic E-state index is -0.457. The van der Waals surface area contributed by atoms with Gasteiger partial charge in [-0.15, -0.1) is 0 Å². The number of carbonyl (C=O) groups is 2. The molecule has 0 spiro atoms. The van der Waals surface area contributed by atoms with Gasteiger partial charge < -0.3 is 9.53 Å². The Hall–Kier alpha value is -2.15. The van der Waals surface area contributed by atoms with Crippen LogP contribution in [0.5, 0.6) is 0 Å². The molecular formula is C11H9NO3. The summed E-state index contributed by atoms with van der Waals surface area (Å²) < 4.78 is 4.53. The summed E-state index contributed by atoms with van der Waals surface area (Å²) in [5.41, 5.74) is 0.926. The van der Waals surface area contributed by atoms with Crippen molar-refractivity contribution in [2.24, 2.45) is 0 Å². The van der Waals surface area contributed by atoms with Crippen LogP contribution in [0.4, 0.5) is 0 Å². The van der Waals surface area contributed by atoms with E-state index in [0.29, 0.717) is 17.4 Å². The highest BCUT2D eigenvalue weighted by molar-refractivity contribution is 5.89. The Morgan fingerprint density at radius 2 is 2.40 bits per heavy atom. The third kappa shape index (κ3) is 3.24. The molecule has 0 saturated carbocycles. The van der Waals surface area contributed by atoms with Crippen LogP contribution in [0.1, 0.15) is 22.3 Å².